The molecule has 0 spiro atoms. The predicted octanol–water partition coefficient (Wildman–Crippen LogP) is 3.32. The van der Waals surface area contributed by atoms with Crippen LogP contribution in [0.1, 0.15) is 17.5 Å². The van der Waals surface area contributed by atoms with Gasteiger partial charge >= 0.3 is 0 Å². The van der Waals surface area contributed by atoms with Gasteiger partial charge < -0.3 is 9.67 Å². The Hall–Kier alpha value is -1.63. The Morgan fingerprint density at radius 2 is 1.70 bits per heavy atom. The molecule has 0 aromatic heterocycles. The minimum atomic E-state index is -2.66. The quantitative estimate of drug-likeness (QED) is 0.815. The average molecular weight is 282 g/mol. The maximum absolute atomic E-state index is 13.5. The van der Waals surface area contributed by atoms with E-state index in [4.69, 9.17) is 0 Å². The smallest absolute Gasteiger partial charge is 0.142 e. The Balaban J connectivity index is 1.92. The molecule has 2 atom stereocenters. The van der Waals surface area contributed by atoms with Crippen molar-refractivity contribution < 1.29 is 9.67 Å². The fraction of sp³-hybridized carbons (Fsp3) is 0.176. The number of hydrogen-bond acceptors (Lipinski definition) is 2. The van der Waals surface area contributed by atoms with Gasteiger partial charge in [0.15, 0.2) is 0 Å². The highest BCUT2D eigenvalue weighted by atomic mass is 31.2. The average Bonchev–Trinajstić information content (AvgIpc) is 2.93. The first kappa shape index (κ1) is 12.1. The molecular formula is C17H15O2P. The van der Waals surface area contributed by atoms with Gasteiger partial charge in [0.05, 0.1) is 0 Å². The van der Waals surface area contributed by atoms with Gasteiger partial charge in [0.1, 0.15) is 12.7 Å². The molecule has 3 heteroatoms. The van der Waals surface area contributed by atoms with Crippen LogP contribution in [0, 0.1) is 0 Å². The van der Waals surface area contributed by atoms with Crippen LogP contribution < -0.4 is 5.30 Å². The van der Waals surface area contributed by atoms with Gasteiger partial charge in [0.2, 0.25) is 0 Å². The standard InChI is InChI=1S/C17H15O2P/c18-17-10-11-20(19,14-7-2-1-3-8-14)16(17)12-13-6-4-5-9-15(13)17/h1-9,12,18H,10-11H2. The summed E-state index contributed by atoms with van der Waals surface area (Å²) in [6.07, 6.45) is 3.03. The first-order valence-corrected chi connectivity index (χ1v) is 8.73. The third kappa shape index (κ3) is 1.41. The molecule has 2 nitrogen and oxygen atoms in total. The molecule has 20 heavy (non-hydrogen) atoms. The molecule has 2 aromatic carbocycles. The summed E-state index contributed by atoms with van der Waals surface area (Å²) in [5.74, 6) is 0. The maximum Gasteiger partial charge on any atom is 0.142 e. The Bertz CT molecular complexity index is 764. The lowest BCUT2D eigenvalue weighted by Gasteiger charge is -2.22. The number of aliphatic hydroxyl groups is 1. The number of rotatable bonds is 1. The normalized spacial score (nSPS) is 30.8. The second kappa shape index (κ2) is 3.94. The Labute approximate surface area is 118 Å². The van der Waals surface area contributed by atoms with Crippen LogP contribution in [-0.2, 0) is 10.2 Å². The Kier molecular flexibility index (Phi) is 2.39. The lowest BCUT2D eigenvalue weighted by molar-refractivity contribution is 0.0907. The first-order chi connectivity index (χ1) is 9.64. The molecule has 2 aromatic rings. The van der Waals surface area contributed by atoms with Crippen molar-refractivity contribution in [3.63, 3.8) is 0 Å². The lowest BCUT2D eigenvalue weighted by atomic mass is 9.93. The molecule has 2 unspecified atom stereocenters. The van der Waals surface area contributed by atoms with E-state index in [2.05, 4.69) is 0 Å². The number of benzene rings is 2. The van der Waals surface area contributed by atoms with Gasteiger partial charge in [-0.2, -0.15) is 0 Å². The second-order valence-corrected chi connectivity index (χ2v) is 8.45. The Morgan fingerprint density at radius 3 is 2.50 bits per heavy atom. The van der Waals surface area contributed by atoms with Gasteiger partial charge in [0.25, 0.3) is 0 Å². The highest BCUT2D eigenvalue weighted by Crippen LogP contribution is 2.69. The molecule has 4 rings (SSSR count). The van der Waals surface area contributed by atoms with Crippen LogP contribution in [-0.4, -0.2) is 11.3 Å². The second-order valence-electron chi connectivity index (χ2n) is 5.53. The third-order valence-electron chi connectivity index (χ3n) is 4.47. The van der Waals surface area contributed by atoms with E-state index < -0.39 is 12.7 Å². The molecule has 0 radical (unpaired) electrons. The van der Waals surface area contributed by atoms with E-state index in [-0.39, 0.29) is 0 Å². The van der Waals surface area contributed by atoms with Crippen LogP contribution in [0.3, 0.4) is 0 Å². The van der Waals surface area contributed by atoms with E-state index in [1.54, 1.807) is 0 Å². The summed E-state index contributed by atoms with van der Waals surface area (Å²) in [7, 11) is -2.66. The van der Waals surface area contributed by atoms with Crippen LogP contribution in [0.5, 0.6) is 0 Å². The van der Waals surface area contributed by atoms with Crippen molar-refractivity contribution in [2.75, 3.05) is 6.16 Å². The van der Waals surface area contributed by atoms with Crippen LogP contribution in [0.15, 0.2) is 59.9 Å². The zero-order chi connectivity index (χ0) is 13.8. The molecule has 0 bridgehead atoms. The lowest BCUT2D eigenvalue weighted by Crippen LogP contribution is -2.21. The van der Waals surface area contributed by atoms with Gasteiger partial charge in [-0.15, -0.1) is 0 Å². The first-order valence-electron chi connectivity index (χ1n) is 6.84. The summed E-state index contributed by atoms with van der Waals surface area (Å²) >= 11 is 0. The zero-order valence-electron chi connectivity index (χ0n) is 11.0. The highest BCUT2D eigenvalue weighted by molar-refractivity contribution is 7.76. The summed E-state index contributed by atoms with van der Waals surface area (Å²) in [4.78, 5) is 0. The third-order valence-corrected chi connectivity index (χ3v) is 7.74. The Morgan fingerprint density at radius 1 is 1.00 bits per heavy atom. The van der Waals surface area contributed by atoms with Crippen LogP contribution in [0.4, 0.5) is 0 Å². The minimum absolute atomic E-state index is 0.544. The zero-order valence-corrected chi connectivity index (χ0v) is 11.9. The van der Waals surface area contributed by atoms with Crippen molar-refractivity contribution in [1.82, 2.24) is 0 Å². The minimum Gasteiger partial charge on any atom is -0.380 e. The number of hydrogen-bond donors (Lipinski definition) is 1. The van der Waals surface area contributed by atoms with E-state index in [1.165, 1.54) is 0 Å². The molecule has 0 amide bonds. The summed E-state index contributed by atoms with van der Waals surface area (Å²) in [6.45, 7) is 0. The van der Waals surface area contributed by atoms with Crippen molar-refractivity contribution in [2.24, 2.45) is 0 Å². The molecule has 1 saturated heterocycles. The molecule has 1 aliphatic heterocycles. The van der Waals surface area contributed by atoms with E-state index in [0.29, 0.717) is 12.6 Å². The SMILES string of the molecule is O=P1(c2ccccc2)CCC2(O)C1=Cc1ccccc12. The van der Waals surface area contributed by atoms with Gasteiger partial charge in [0, 0.05) is 16.8 Å². The van der Waals surface area contributed by atoms with E-state index in [0.717, 1.165) is 21.7 Å². The van der Waals surface area contributed by atoms with E-state index in [1.807, 2.05) is 60.7 Å². The fourth-order valence-corrected chi connectivity index (χ4v) is 6.69. The fourth-order valence-electron chi connectivity index (χ4n) is 3.45. The van der Waals surface area contributed by atoms with Crippen molar-refractivity contribution in [3.8, 4) is 0 Å². The summed E-state index contributed by atoms with van der Waals surface area (Å²) in [5, 5.41) is 12.6. The number of fused-ring (bicyclic) bond motifs is 3. The molecular weight excluding hydrogens is 267 g/mol. The molecule has 1 heterocycles. The van der Waals surface area contributed by atoms with Crippen LogP contribution in [0.2, 0.25) is 0 Å². The summed E-state index contributed by atoms with van der Waals surface area (Å²) in [5.41, 5.74) is 0.881. The van der Waals surface area contributed by atoms with Gasteiger partial charge in [-0.1, -0.05) is 54.6 Å². The highest BCUT2D eigenvalue weighted by Gasteiger charge is 2.54. The van der Waals surface area contributed by atoms with Crippen molar-refractivity contribution in [3.05, 3.63) is 71.0 Å². The van der Waals surface area contributed by atoms with Crippen molar-refractivity contribution in [1.29, 1.82) is 0 Å². The largest absolute Gasteiger partial charge is 0.380 e. The van der Waals surface area contributed by atoms with Gasteiger partial charge in [-0.25, -0.2) is 0 Å². The van der Waals surface area contributed by atoms with Crippen LogP contribution >= 0.6 is 7.14 Å². The molecule has 1 N–H and O–H groups in total. The van der Waals surface area contributed by atoms with Gasteiger partial charge in [-0.3, -0.25) is 0 Å². The van der Waals surface area contributed by atoms with Crippen molar-refractivity contribution in [2.45, 2.75) is 12.0 Å². The van der Waals surface area contributed by atoms with Gasteiger partial charge in [-0.05, 0) is 23.6 Å². The molecule has 1 aliphatic carbocycles. The molecule has 0 saturated carbocycles. The monoisotopic (exact) mass is 282 g/mol. The summed E-state index contributed by atoms with van der Waals surface area (Å²) < 4.78 is 13.5. The predicted molar refractivity (Wildman–Crippen MR) is 81.5 cm³/mol. The molecule has 2 aliphatic rings. The maximum atomic E-state index is 13.5. The topological polar surface area (TPSA) is 37.3 Å². The van der Waals surface area contributed by atoms with E-state index >= 15 is 0 Å². The molecule has 100 valence electrons. The van der Waals surface area contributed by atoms with E-state index in [9.17, 15) is 9.67 Å². The van der Waals surface area contributed by atoms with Crippen LogP contribution in [0.25, 0.3) is 6.08 Å². The van der Waals surface area contributed by atoms with Crippen molar-refractivity contribution >= 4 is 18.5 Å². The molecule has 1 fully saturated rings. The summed E-state index contributed by atoms with van der Waals surface area (Å²) in [6, 6.07) is 17.4.